The molecule has 8 heteroatoms. The highest BCUT2D eigenvalue weighted by molar-refractivity contribution is 5.74. The molecule has 1 aliphatic rings. The number of urea groups is 1. The van der Waals surface area contributed by atoms with Gasteiger partial charge in [-0.05, 0) is 19.1 Å². The third-order valence-corrected chi connectivity index (χ3v) is 3.76. The number of aromatic nitrogens is 3. The summed E-state index contributed by atoms with van der Waals surface area (Å²) in [5.41, 5.74) is 0.400. The van der Waals surface area contributed by atoms with Crippen molar-refractivity contribution in [3.05, 3.63) is 41.7 Å². The lowest BCUT2D eigenvalue weighted by Crippen LogP contribution is -2.40. The zero-order valence-corrected chi connectivity index (χ0v) is 12.8. The molecule has 2 heterocycles. The van der Waals surface area contributed by atoms with Gasteiger partial charge in [-0.15, -0.1) is 10.2 Å². The molecule has 7 nitrogen and oxygen atoms in total. The molecule has 2 aromatic rings. The van der Waals surface area contributed by atoms with E-state index in [-0.39, 0.29) is 24.9 Å². The summed E-state index contributed by atoms with van der Waals surface area (Å²) in [4.78, 5) is 13.9. The van der Waals surface area contributed by atoms with E-state index < -0.39 is 0 Å². The van der Waals surface area contributed by atoms with Crippen LogP contribution in [0.2, 0.25) is 0 Å². The minimum absolute atomic E-state index is 0.175. The molecule has 122 valence electrons. The number of amides is 2. The molecule has 0 saturated heterocycles. The van der Waals surface area contributed by atoms with Gasteiger partial charge in [-0.1, -0.05) is 6.07 Å². The summed E-state index contributed by atoms with van der Waals surface area (Å²) in [6.07, 6.45) is 1.62. The van der Waals surface area contributed by atoms with E-state index in [0.29, 0.717) is 30.3 Å². The molecule has 1 N–H and O–H groups in total. The minimum atomic E-state index is -0.368. The number of benzene rings is 1. The van der Waals surface area contributed by atoms with Crippen molar-refractivity contribution < 1.29 is 13.9 Å². The molecule has 1 aromatic carbocycles. The van der Waals surface area contributed by atoms with Crippen molar-refractivity contribution in [2.24, 2.45) is 0 Å². The molecule has 23 heavy (non-hydrogen) atoms. The fraction of sp³-hybridized carbons (Fsp3) is 0.400. The zero-order chi connectivity index (χ0) is 16.2. The van der Waals surface area contributed by atoms with Gasteiger partial charge in [0, 0.05) is 12.1 Å². The van der Waals surface area contributed by atoms with Gasteiger partial charge < -0.3 is 19.5 Å². The van der Waals surface area contributed by atoms with Crippen molar-refractivity contribution in [3.8, 4) is 5.75 Å². The maximum Gasteiger partial charge on any atom is 0.318 e. The second-order valence-corrected chi connectivity index (χ2v) is 5.18. The van der Waals surface area contributed by atoms with E-state index in [1.165, 1.54) is 11.0 Å². The number of rotatable bonds is 3. The molecule has 1 aromatic heterocycles. The molecule has 0 spiro atoms. The van der Waals surface area contributed by atoms with Crippen LogP contribution in [0, 0.1) is 5.82 Å². The van der Waals surface area contributed by atoms with Crippen LogP contribution in [0.1, 0.15) is 18.3 Å². The van der Waals surface area contributed by atoms with Gasteiger partial charge in [-0.3, -0.25) is 0 Å². The molecule has 0 bridgehead atoms. The van der Waals surface area contributed by atoms with Crippen LogP contribution in [0.3, 0.4) is 0 Å². The highest BCUT2D eigenvalue weighted by Gasteiger charge is 2.22. The predicted molar refractivity (Wildman–Crippen MR) is 80.2 cm³/mol. The van der Waals surface area contributed by atoms with E-state index in [0.717, 1.165) is 6.54 Å². The van der Waals surface area contributed by atoms with Gasteiger partial charge in [0.05, 0.1) is 19.6 Å². The van der Waals surface area contributed by atoms with E-state index in [4.69, 9.17) is 4.74 Å². The molecule has 0 fully saturated rings. The first-order chi connectivity index (χ1) is 11.2. The first kappa shape index (κ1) is 15.3. The SMILES string of the molecule is CCn1cnnc1CNC(=O)N1CCOc2cccc(F)c2C1. The largest absolute Gasteiger partial charge is 0.491 e. The Bertz CT molecular complexity index is 703. The van der Waals surface area contributed by atoms with Crippen LogP contribution < -0.4 is 10.1 Å². The van der Waals surface area contributed by atoms with Crippen molar-refractivity contribution in [2.75, 3.05) is 13.2 Å². The third kappa shape index (κ3) is 3.25. The van der Waals surface area contributed by atoms with Gasteiger partial charge in [-0.2, -0.15) is 0 Å². The van der Waals surface area contributed by atoms with Crippen LogP contribution in [0.25, 0.3) is 0 Å². The smallest absolute Gasteiger partial charge is 0.318 e. The van der Waals surface area contributed by atoms with Crippen LogP contribution in [-0.4, -0.2) is 38.8 Å². The third-order valence-electron chi connectivity index (χ3n) is 3.76. The number of carbonyl (C=O) groups excluding carboxylic acids is 1. The summed E-state index contributed by atoms with van der Waals surface area (Å²) < 4.78 is 21.3. The summed E-state index contributed by atoms with van der Waals surface area (Å²) in [6, 6.07) is 4.40. The molecule has 0 atom stereocenters. The molecule has 0 unspecified atom stereocenters. The van der Waals surface area contributed by atoms with Gasteiger partial charge in [0.2, 0.25) is 0 Å². The van der Waals surface area contributed by atoms with Crippen LogP contribution in [0.5, 0.6) is 5.75 Å². The molecule has 1 aliphatic heterocycles. The Kier molecular flexibility index (Phi) is 4.40. The van der Waals surface area contributed by atoms with Crippen molar-refractivity contribution >= 4 is 6.03 Å². The molecule has 3 rings (SSSR count). The lowest BCUT2D eigenvalue weighted by molar-refractivity contribution is 0.186. The van der Waals surface area contributed by atoms with Crippen LogP contribution >= 0.6 is 0 Å². The van der Waals surface area contributed by atoms with E-state index in [1.54, 1.807) is 18.5 Å². The first-order valence-corrected chi connectivity index (χ1v) is 7.48. The molecular weight excluding hydrogens is 301 g/mol. The Hall–Kier alpha value is -2.64. The Morgan fingerprint density at radius 1 is 1.48 bits per heavy atom. The number of aryl methyl sites for hydroxylation is 1. The van der Waals surface area contributed by atoms with E-state index in [2.05, 4.69) is 15.5 Å². The highest BCUT2D eigenvalue weighted by Crippen LogP contribution is 2.25. The monoisotopic (exact) mass is 319 g/mol. The second-order valence-electron chi connectivity index (χ2n) is 5.18. The summed E-state index contributed by atoms with van der Waals surface area (Å²) in [6.45, 7) is 3.87. The molecule has 0 radical (unpaired) electrons. The van der Waals surface area contributed by atoms with Crippen molar-refractivity contribution in [1.82, 2.24) is 25.0 Å². The Morgan fingerprint density at radius 3 is 3.17 bits per heavy atom. The van der Waals surface area contributed by atoms with Gasteiger partial charge in [0.25, 0.3) is 0 Å². The maximum atomic E-state index is 13.9. The number of nitrogens with zero attached hydrogens (tertiary/aromatic N) is 4. The Labute approximate surface area is 133 Å². The fourth-order valence-electron chi connectivity index (χ4n) is 2.48. The first-order valence-electron chi connectivity index (χ1n) is 7.48. The van der Waals surface area contributed by atoms with Gasteiger partial charge in [-0.25, -0.2) is 9.18 Å². The summed E-state index contributed by atoms with van der Waals surface area (Å²) >= 11 is 0. The number of hydrogen-bond acceptors (Lipinski definition) is 4. The van der Waals surface area contributed by atoms with E-state index in [1.807, 2.05) is 11.5 Å². The standard InChI is InChI=1S/C15H18FN5O2/c1-2-20-10-18-19-14(20)8-17-15(22)21-6-7-23-13-5-3-4-12(16)11(13)9-21/h3-5,10H,2,6-9H2,1H3,(H,17,22). The van der Waals surface area contributed by atoms with Crippen molar-refractivity contribution in [3.63, 3.8) is 0 Å². The van der Waals surface area contributed by atoms with E-state index in [9.17, 15) is 9.18 Å². The number of carbonyl (C=O) groups is 1. The number of fused-ring (bicyclic) bond motifs is 1. The van der Waals surface area contributed by atoms with Crippen LogP contribution in [0.15, 0.2) is 24.5 Å². The number of halogens is 1. The topological polar surface area (TPSA) is 72.3 Å². The second kappa shape index (κ2) is 6.64. The Balaban J connectivity index is 1.67. The van der Waals surface area contributed by atoms with E-state index >= 15 is 0 Å². The maximum absolute atomic E-state index is 13.9. The lowest BCUT2D eigenvalue weighted by Gasteiger charge is -2.20. The van der Waals surface area contributed by atoms with Crippen molar-refractivity contribution in [1.29, 1.82) is 0 Å². The zero-order valence-electron chi connectivity index (χ0n) is 12.8. The average Bonchev–Trinajstić information content (AvgIpc) is 2.89. The number of nitrogens with one attached hydrogen (secondary N) is 1. The lowest BCUT2D eigenvalue weighted by atomic mass is 10.2. The van der Waals surface area contributed by atoms with Crippen LogP contribution in [0.4, 0.5) is 9.18 Å². The fourth-order valence-corrected chi connectivity index (χ4v) is 2.48. The summed E-state index contributed by atoms with van der Waals surface area (Å²) in [7, 11) is 0. The van der Waals surface area contributed by atoms with Gasteiger partial charge >= 0.3 is 6.03 Å². The van der Waals surface area contributed by atoms with Crippen LogP contribution in [-0.2, 0) is 19.6 Å². The minimum Gasteiger partial charge on any atom is -0.491 e. The molecule has 2 amide bonds. The summed E-state index contributed by atoms with van der Waals surface area (Å²) in [5, 5.41) is 10.6. The summed E-state index contributed by atoms with van der Waals surface area (Å²) in [5.74, 6) is 0.803. The van der Waals surface area contributed by atoms with Crippen molar-refractivity contribution in [2.45, 2.75) is 26.6 Å². The van der Waals surface area contributed by atoms with Gasteiger partial charge in [0.1, 0.15) is 24.5 Å². The van der Waals surface area contributed by atoms with Gasteiger partial charge in [0.15, 0.2) is 5.82 Å². The number of ether oxygens (including phenoxy) is 1. The molecule has 0 saturated carbocycles. The quantitative estimate of drug-likeness (QED) is 0.931. The molecule has 0 aliphatic carbocycles. The highest BCUT2D eigenvalue weighted by atomic mass is 19.1. The predicted octanol–water partition coefficient (Wildman–Crippen LogP) is 1.54. The normalized spacial score (nSPS) is 13.9. The Morgan fingerprint density at radius 2 is 2.35 bits per heavy atom. The molecular formula is C15H18FN5O2. The average molecular weight is 319 g/mol. The number of hydrogen-bond donors (Lipinski definition) is 1.